The maximum atomic E-state index is 12.8. The molecule has 0 aromatic heterocycles. The largest absolute Gasteiger partial charge is 0.416 e. The van der Waals surface area contributed by atoms with Gasteiger partial charge >= 0.3 is 6.18 Å². The first-order valence-corrected chi connectivity index (χ1v) is 11.2. The van der Waals surface area contributed by atoms with E-state index < -0.39 is 27.7 Å². The fourth-order valence-corrected chi connectivity index (χ4v) is 4.18. The molecule has 11 heteroatoms. The molecule has 0 fully saturated rings. The van der Waals surface area contributed by atoms with Crippen LogP contribution in [0.3, 0.4) is 0 Å². The van der Waals surface area contributed by atoms with Crippen LogP contribution in [0.5, 0.6) is 0 Å². The Hall–Kier alpha value is -2.75. The summed E-state index contributed by atoms with van der Waals surface area (Å²) >= 11 is 11.8. The number of aryl methyl sites for hydroxylation is 1. The predicted octanol–water partition coefficient (Wildman–Crippen LogP) is 6.37. The molecule has 0 aliphatic carbocycles. The minimum atomic E-state index is -4.60. The zero-order valence-electron chi connectivity index (χ0n) is 16.3. The minimum absolute atomic E-state index is 0.0183. The van der Waals surface area contributed by atoms with Crippen molar-refractivity contribution in [3.8, 4) is 0 Å². The van der Waals surface area contributed by atoms with Gasteiger partial charge in [-0.05, 0) is 55.5 Å². The van der Waals surface area contributed by atoms with E-state index in [1.807, 2.05) is 0 Å². The Kier molecular flexibility index (Phi) is 6.73. The van der Waals surface area contributed by atoms with Gasteiger partial charge in [0.25, 0.3) is 15.9 Å². The Morgan fingerprint density at radius 2 is 1.53 bits per heavy atom. The Morgan fingerprint density at radius 3 is 2.12 bits per heavy atom. The second-order valence-corrected chi connectivity index (χ2v) is 9.28. The highest BCUT2D eigenvalue weighted by molar-refractivity contribution is 7.92. The molecule has 168 valence electrons. The van der Waals surface area contributed by atoms with Gasteiger partial charge in [0.15, 0.2) is 0 Å². The molecule has 0 radical (unpaired) electrons. The summed E-state index contributed by atoms with van der Waals surface area (Å²) in [6.07, 6.45) is -4.60. The zero-order valence-corrected chi connectivity index (χ0v) is 18.6. The van der Waals surface area contributed by atoms with Gasteiger partial charge in [0, 0.05) is 5.02 Å². The Labute approximate surface area is 192 Å². The lowest BCUT2D eigenvalue weighted by atomic mass is 10.1. The molecule has 3 aromatic carbocycles. The van der Waals surface area contributed by atoms with E-state index in [0.717, 1.165) is 17.7 Å². The number of amides is 1. The van der Waals surface area contributed by atoms with Crippen molar-refractivity contribution >= 4 is 50.5 Å². The van der Waals surface area contributed by atoms with Crippen molar-refractivity contribution in [1.29, 1.82) is 0 Å². The Bertz CT molecular complexity index is 1280. The third-order valence-corrected chi connectivity index (χ3v) is 6.28. The third kappa shape index (κ3) is 5.53. The van der Waals surface area contributed by atoms with Crippen molar-refractivity contribution in [3.63, 3.8) is 0 Å². The van der Waals surface area contributed by atoms with E-state index in [2.05, 4.69) is 10.0 Å². The number of alkyl halides is 3. The highest BCUT2D eigenvalue weighted by Gasteiger charge is 2.31. The number of carbonyl (C=O) groups excluding carboxylic acids is 1. The summed E-state index contributed by atoms with van der Waals surface area (Å²) in [5.41, 5.74) is -0.421. The predicted molar refractivity (Wildman–Crippen MR) is 118 cm³/mol. The monoisotopic (exact) mass is 502 g/mol. The van der Waals surface area contributed by atoms with E-state index in [-0.39, 0.29) is 31.9 Å². The Balaban J connectivity index is 1.91. The topological polar surface area (TPSA) is 75.3 Å². The minimum Gasteiger partial charge on any atom is -0.321 e. The number of hydrogen-bond donors (Lipinski definition) is 2. The molecule has 0 heterocycles. The van der Waals surface area contributed by atoms with Crippen molar-refractivity contribution in [1.82, 2.24) is 0 Å². The van der Waals surface area contributed by atoms with E-state index in [1.54, 1.807) is 19.1 Å². The molecule has 2 N–H and O–H groups in total. The van der Waals surface area contributed by atoms with E-state index in [4.69, 9.17) is 23.2 Å². The lowest BCUT2D eigenvalue weighted by Crippen LogP contribution is -2.19. The summed E-state index contributed by atoms with van der Waals surface area (Å²) in [5, 5.41) is 2.18. The smallest absolute Gasteiger partial charge is 0.321 e. The summed E-state index contributed by atoms with van der Waals surface area (Å²) in [7, 11) is -4.03. The third-order valence-electron chi connectivity index (χ3n) is 4.35. The first kappa shape index (κ1) is 23.9. The van der Waals surface area contributed by atoms with Crippen molar-refractivity contribution in [3.05, 3.63) is 87.4 Å². The molecule has 1 amide bonds. The summed E-state index contributed by atoms with van der Waals surface area (Å²) in [6.45, 7) is 1.80. The van der Waals surface area contributed by atoms with Gasteiger partial charge in [-0.3, -0.25) is 9.52 Å². The van der Waals surface area contributed by atoms with Gasteiger partial charge < -0.3 is 5.32 Å². The number of anilines is 2. The zero-order chi connectivity index (χ0) is 23.7. The Morgan fingerprint density at radius 1 is 0.906 bits per heavy atom. The number of rotatable bonds is 5. The number of carbonyl (C=O) groups is 1. The van der Waals surface area contributed by atoms with Gasteiger partial charge in [0.1, 0.15) is 0 Å². The van der Waals surface area contributed by atoms with Crippen LogP contribution in [0.1, 0.15) is 21.5 Å². The van der Waals surface area contributed by atoms with Crippen LogP contribution in [0.4, 0.5) is 24.5 Å². The maximum absolute atomic E-state index is 12.8. The molecule has 3 rings (SSSR count). The van der Waals surface area contributed by atoms with Crippen LogP contribution in [0.25, 0.3) is 0 Å². The fraction of sp³-hybridized carbons (Fsp3) is 0.0952. The maximum Gasteiger partial charge on any atom is 0.416 e. The SMILES string of the molecule is Cc1ccc(S(=O)(=O)Nc2ccc(Cl)cc2C(=O)Nc2ccc(C(F)(F)F)cc2Cl)cc1. The van der Waals surface area contributed by atoms with Gasteiger partial charge in [-0.15, -0.1) is 0 Å². The van der Waals surface area contributed by atoms with Gasteiger partial charge in [-0.1, -0.05) is 40.9 Å². The summed E-state index contributed by atoms with van der Waals surface area (Å²) in [5.74, 6) is -0.823. The van der Waals surface area contributed by atoms with Crippen molar-refractivity contribution in [2.75, 3.05) is 10.0 Å². The molecule has 0 aliphatic heterocycles. The fourth-order valence-electron chi connectivity index (χ4n) is 2.70. The molecule has 0 saturated heterocycles. The molecule has 0 aliphatic rings. The molecule has 32 heavy (non-hydrogen) atoms. The van der Waals surface area contributed by atoms with E-state index in [9.17, 15) is 26.4 Å². The average Bonchev–Trinajstić information content (AvgIpc) is 2.70. The number of benzene rings is 3. The number of nitrogens with one attached hydrogen (secondary N) is 2. The van der Waals surface area contributed by atoms with Crippen molar-refractivity contribution in [2.24, 2.45) is 0 Å². The molecule has 3 aromatic rings. The highest BCUT2D eigenvalue weighted by atomic mass is 35.5. The number of hydrogen-bond acceptors (Lipinski definition) is 3. The number of sulfonamides is 1. The summed E-state index contributed by atoms with van der Waals surface area (Å²) in [4.78, 5) is 12.8. The lowest BCUT2D eigenvalue weighted by molar-refractivity contribution is -0.137. The van der Waals surface area contributed by atoms with Crippen molar-refractivity contribution < 1.29 is 26.4 Å². The molecular formula is C21H15Cl2F3N2O3S. The number of halogens is 5. The molecule has 0 spiro atoms. The average molecular weight is 503 g/mol. The molecule has 0 bridgehead atoms. The lowest BCUT2D eigenvalue weighted by Gasteiger charge is -2.15. The van der Waals surface area contributed by atoms with E-state index >= 15 is 0 Å². The van der Waals surface area contributed by atoms with Crippen LogP contribution in [0, 0.1) is 6.92 Å². The molecule has 0 unspecified atom stereocenters. The first-order valence-electron chi connectivity index (χ1n) is 8.94. The summed E-state index contributed by atoms with van der Waals surface area (Å²) < 4.78 is 66.2. The normalized spacial score (nSPS) is 11.8. The molecule has 0 saturated carbocycles. The van der Waals surface area contributed by atoms with Crippen LogP contribution in [0.2, 0.25) is 10.0 Å². The second kappa shape index (κ2) is 9.01. The standard InChI is InChI=1S/C21H15Cl2F3N2O3S/c1-12-2-6-15(7-3-12)32(30,31)28-18-9-5-14(22)11-16(18)20(29)27-19-8-4-13(10-17(19)23)21(24,25)26/h2-11,28H,1H3,(H,27,29). The van der Waals surface area contributed by atoms with Gasteiger partial charge in [-0.2, -0.15) is 13.2 Å². The van der Waals surface area contributed by atoms with Crippen LogP contribution in [0.15, 0.2) is 65.6 Å². The van der Waals surface area contributed by atoms with E-state index in [0.29, 0.717) is 6.07 Å². The highest BCUT2D eigenvalue weighted by Crippen LogP contribution is 2.34. The summed E-state index contributed by atoms with van der Waals surface area (Å²) in [6, 6.07) is 12.4. The van der Waals surface area contributed by atoms with E-state index in [1.165, 1.54) is 30.3 Å². The van der Waals surface area contributed by atoms with Crippen LogP contribution >= 0.6 is 23.2 Å². The van der Waals surface area contributed by atoms with Gasteiger partial charge in [0.05, 0.1) is 32.4 Å². The quantitative estimate of drug-likeness (QED) is 0.425. The molecular weight excluding hydrogens is 488 g/mol. The molecule has 5 nitrogen and oxygen atoms in total. The first-order chi connectivity index (χ1) is 14.9. The van der Waals surface area contributed by atoms with Gasteiger partial charge in [0.2, 0.25) is 0 Å². The van der Waals surface area contributed by atoms with Crippen LogP contribution < -0.4 is 10.0 Å². The second-order valence-electron chi connectivity index (χ2n) is 6.75. The molecule has 0 atom stereocenters. The van der Waals surface area contributed by atoms with Crippen LogP contribution in [-0.4, -0.2) is 14.3 Å². The van der Waals surface area contributed by atoms with Gasteiger partial charge in [-0.25, -0.2) is 8.42 Å². The van der Waals surface area contributed by atoms with Crippen LogP contribution in [-0.2, 0) is 16.2 Å². The van der Waals surface area contributed by atoms with Crippen molar-refractivity contribution in [2.45, 2.75) is 18.0 Å².